The number of carbonyl (C=O) groups excluding carboxylic acids is 1. The zero-order valence-corrected chi connectivity index (χ0v) is 14.9. The van der Waals surface area contributed by atoms with Gasteiger partial charge in [-0.25, -0.2) is 0 Å². The normalized spacial score (nSPS) is 11.9. The fourth-order valence-corrected chi connectivity index (χ4v) is 2.75. The standard InChI is InChI=1S/C19H15ClN4O3/c20-14-4-2-1-3-13(14)10-21-17-7-8-18(24-23-17)22-19(25)12-5-6-15-16(9-12)27-11-26-15/h1-9H,10-11H2,(H,21,23)(H,22,24,25). The van der Waals surface area contributed by atoms with E-state index in [1.54, 1.807) is 30.3 Å². The van der Waals surface area contributed by atoms with Crippen molar-refractivity contribution in [1.29, 1.82) is 0 Å². The number of ether oxygens (including phenoxy) is 2. The Balaban J connectivity index is 1.37. The van der Waals surface area contributed by atoms with Gasteiger partial charge in [-0.3, -0.25) is 4.79 Å². The van der Waals surface area contributed by atoms with E-state index in [0.717, 1.165) is 5.56 Å². The summed E-state index contributed by atoms with van der Waals surface area (Å²) in [5.41, 5.74) is 1.41. The highest BCUT2D eigenvalue weighted by Crippen LogP contribution is 2.32. The van der Waals surface area contributed by atoms with Crippen LogP contribution < -0.4 is 20.1 Å². The van der Waals surface area contributed by atoms with Crippen molar-refractivity contribution >= 4 is 29.1 Å². The van der Waals surface area contributed by atoms with Gasteiger partial charge in [-0.05, 0) is 42.0 Å². The van der Waals surface area contributed by atoms with Crippen molar-refractivity contribution in [2.24, 2.45) is 0 Å². The second kappa shape index (κ2) is 7.51. The third-order valence-electron chi connectivity index (χ3n) is 3.96. The number of rotatable bonds is 5. The predicted octanol–water partition coefficient (Wildman–Crippen LogP) is 3.72. The monoisotopic (exact) mass is 382 g/mol. The van der Waals surface area contributed by atoms with E-state index in [2.05, 4.69) is 20.8 Å². The summed E-state index contributed by atoms with van der Waals surface area (Å²) in [5.74, 6) is 1.80. The van der Waals surface area contributed by atoms with Gasteiger partial charge in [-0.1, -0.05) is 29.8 Å². The molecule has 0 spiro atoms. The Morgan fingerprint density at radius 1 is 1.00 bits per heavy atom. The first kappa shape index (κ1) is 17.1. The number of carbonyl (C=O) groups is 1. The van der Waals surface area contributed by atoms with E-state index >= 15 is 0 Å². The molecule has 0 bridgehead atoms. The molecule has 1 amide bonds. The Hall–Kier alpha value is -3.32. The molecule has 0 atom stereocenters. The molecule has 1 aliphatic rings. The van der Waals surface area contributed by atoms with Gasteiger partial charge in [0.25, 0.3) is 5.91 Å². The molecule has 0 saturated carbocycles. The average Bonchev–Trinajstić information content (AvgIpc) is 3.16. The molecule has 2 N–H and O–H groups in total. The molecule has 136 valence electrons. The summed E-state index contributed by atoms with van der Waals surface area (Å²) in [5, 5.41) is 14.6. The van der Waals surface area contributed by atoms with Crippen molar-refractivity contribution in [3.63, 3.8) is 0 Å². The summed E-state index contributed by atoms with van der Waals surface area (Å²) < 4.78 is 10.5. The SMILES string of the molecule is O=C(Nc1ccc(NCc2ccccc2Cl)nn1)c1ccc2c(c1)OCO2. The van der Waals surface area contributed by atoms with Gasteiger partial charge in [0.1, 0.15) is 5.82 Å². The lowest BCUT2D eigenvalue weighted by Gasteiger charge is -2.08. The molecule has 8 heteroatoms. The van der Waals surface area contributed by atoms with Gasteiger partial charge >= 0.3 is 0 Å². The van der Waals surface area contributed by atoms with Crippen LogP contribution in [0.25, 0.3) is 0 Å². The minimum absolute atomic E-state index is 0.161. The number of halogens is 1. The summed E-state index contributed by atoms with van der Waals surface area (Å²) in [7, 11) is 0. The van der Waals surface area contributed by atoms with Crippen molar-refractivity contribution in [2.75, 3.05) is 17.4 Å². The Morgan fingerprint density at radius 2 is 1.78 bits per heavy atom. The van der Waals surface area contributed by atoms with Gasteiger partial charge in [0.15, 0.2) is 17.3 Å². The van der Waals surface area contributed by atoms with Gasteiger partial charge in [-0.15, -0.1) is 10.2 Å². The van der Waals surface area contributed by atoms with Gasteiger partial charge in [0, 0.05) is 17.1 Å². The van der Waals surface area contributed by atoms with E-state index in [4.69, 9.17) is 21.1 Å². The van der Waals surface area contributed by atoms with Crippen LogP contribution in [0.1, 0.15) is 15.9 Å². The number of hydrogen-bond acceptors (Lipinski definition) is 6. The number of benzene rings is 2. The smallest absolute Gasteiger partial charge is 0.257 e. The summed E-state index contributed by atoms with van der Waals surface area (Å²) in [6, 6.07) is 16.0. The number of fused-ring (bicyclic) bond motifs is 1. The fraction of sp³-hybridized carbons (Fsp3) is 0.105. The first-order valence-corrected chi connectivity index (χ1v) is 8.59. The average molecular weight is 383 g/mol. The van der Waals surface area contributed by atoms with Gasteiger partial charge in [-0.2, -0.15) is 0 Å². The lowest BCUT2D eigenvalue weighted by atomic mass is 10.2. The molecular weight excluding hydrogens is 368 g/mol. The number of nitrogens with zero attached hydrogens (tertiary/aromatic N) is 2. The highest BCUT2D eigenvalue weighted by molar-refractivity contribution is 6.31. The van der Waals surface area contributed by atoms with E-state index in [-0.39, 0.29) is 12.7 Å². The van der Waals surface area contributed by atoms with Crippen LogP contribution in [0.3, 0.4) is 0 Å². The summed E-state index contributed by atoms with van der Waals surface area (Å²) in [6.45, 7) is 0.686. The number of amides is 1. The van der Waals surface area contributed by atoms with E-state index < -0.39 is 0 Å². The Labute approximate surface area is 160 Å². The molecule has 1 aliphatic heterocycles. The van der Waals surface area contributed by atoms with E-state index in [1.807, 2.05) is 24.3 Å². The molecule has 1 aromatic heterocycles. The van der Waals surface area contributed by atoms with E-state index in [1.165, 1.54) is 0 Å². The molecule has 2 aromatic carbocycles. The largest absolute Gasteiger partial charge is 0.454 e. The van der Waals surface area contributed by atoms with Crippen LogP contribution in [0.4, 0.5) is 11.6 Å². The second-order valence-corrected chi connectivity index (χ2v) is 6.18. The highest BCUT2D eigenvalue weighted by atomic mass is 35.5. The lowest BCUT2D eigenvalue weighted by molar-refractivity contribution is 0.102. The third kappa shape index (κ3) is 3.93. The van der Waals surface area contributed by atoms with Crippen molar-refractivity contribution in [2.45, 2.75) is 6.54 Å². The van der Waals surface area contributed by atoms with Crippen LogP contribution in [-0.2, 0) is 6.54 Å². The molecule has 3 aromatic rings. The van der Waals surface area contributed by atoms with Crippen LogP contribution in [0.5, 0.6) is 11.5 Å². The molecule has 0 radical (unpaired) electrons. The zero-order valence-electron chi connectivity index (χ0n) is 14.1. The second-order valence-electron chi connectivity index (χ2n) is 5.77. The van der Waals surface area contributed by atoms with Gasteiger partial charge in [0.2, 0.25) is 6.79 Å². The number of nitrogens with one attached hydrogen (secondary N) is 2. The van der Waals surface area contributed by atoms with Crippen molar-refractivity contribution < 1.29 is 14.3 Å². The van der Waals surface area contributed by atoms with Crippen LogP contribution in [0, 0.1) is 0 Å². The number of hydrogen-bond donors (Lipinski definition) is 2. The summed E-state index contributed by atoms with van der Waals surface area (Å²) >= 11 is 6.13. The maximum Gasteiger partial charge on any atom is 0.257 e. The van der Waals surface area contributed by atoms with Crippen LogP contribution in [0.15, 0.2) is 54.6 Å². The lowest BCUT2D eigenvalue weighted by Crippen LogP contribution is -2.13. The van der Waals surface area contributed by atoms with E-state index in [0.29, 0.717) is 40.3 Å². The quantitative estimate of drug-likeness (QED) is 0.699. The summed E-state index contributed by atoms with van der Waals surface area (Å²) in [6.07, 6.45) is 0. The molecule has 27 heavy (non-hydrogen) atoms. The fourth-order valence-electron chi connectivity index (χ4n) is 2.55. The molecule has 0 saturated heterocycles. The first-order chi connectivity index (χ1) is 13.2. The molecular formula is C19H15ClN4O3. The van der Waals surface area contributed by atoms with Crippen molar-refractivity contribution in [3.8, 4) is 11.5 Å². The summed E-state index contributed by atoms with van der Waals surface area (Å²) in [4.78, 5) is 12.3. The molecule has 2 heterocycles. The van der Waals surface area contributed by atoms with Gasteiger partial charge in [0.05, 0.1) is 0 Å². The van der Waals surface area contributed by atoms with Gasteiger partial charge < -0.3 is 20.1 Å². The Morgan fingerprint density at radius 3 is 2.59 bits per heavy atom. The van der Waals surface area contributed by atoms with Crippen LogP contribution in [-0.4, -0.2) is 22.9 Å². The maximum absolute atomic E-state index is 12.3. The van der Waals surface area contributed by atoms with Crippen molar-refractivity contribution in [3.05, 3.63) is 70.7 Å². The third-order valence-corrected chi connectivity index (χ3v) is 4.33. The number of aromatic nitrogens is 2. The molecule has 0 unspecified atom stereocenters. The van der Waals surface area contributed by atoms with Crippen molar-refractivity contribution in [1.82, 2.24) is 10.2 Å². The molecule has 0 fully saturated rings. The minimum Gasteiger partial charge on any atom is -0.454 e. The van der Waals surface area contributed by atoms with Crippen LogP contribution in [0.2, 0.25) is 5.02 Å². The Kier molecular flexibility index (Phi) is 4.76. The van der Waals surface area contributed by atoms with Crippen LogP contribution >= 0.6 is 11.6 Å². The zero-order chi connectivity index (χ0) is 18.6. The van der Waals surface area contributed by atoms with E-state index in [9.17, 15) is 4.79 Å². The maximum atomic E-state index is 12.3. The highest BCUT2D eigenvalue weighted by Gasteiger charge is 2.16. The minimum atomic E-state index is -0.306. The predicted molar refractivity (Wildman–Crippen MR) is 101 cm³/mol. The first-order valence-electron chi connectivity index (χ1n) is 8.21. The molecule has 7 nitrogen and oxygen atoms in total. The Bertz CT molecular complexity index is 979. The molecule has 0 aliphatic carbocycles. The topological polar surface area (TPSA) is 85.4 Å². The molecule has 4 rings (SSSR count). The number of anilines is 2.